The molecule has 6 unspecified atom stereocenters. The number of anilines is 2. The van der Waals surface area contributed by atoms with Crippen LogP contribution in [-0.2, 0) is 19.2 Å². The van der Waals surface area contributed by atoms with E-state index in [4.69, 9.17) is 0 Å². The van der Waals surface area contributed by atoms with Crippen molar-refractivity contribution in [1.29, 1.82) is 0 Å². The molecular weight excluding hydrogens is 603 g/mol. The summed E-state index contributed by atoms with van der Waals surface area (Å²) in [6.07, 6.45) is 1.84. The minimum atomic E-state index is -1.09. The third-order valence-corrected chi connectivity index (χ3v) is 9.64. The van der Waals surface area contributed by atoms with Crippen LogP contribution in [0, 0.1) is 55.6 Å². The maximum Gasteiger partial charge on any atom is 0.269 e. The van der Waals surface area contributed by atoms with E-state index in [-0.39, 0.29) is 41.2 Å². The zero-order valence-electron chi connectivity index (χ0n) is 23.7. The van der Waals surface area contributed by atoms with Crippen LogP contribution in [0.4, 0.5) is 27.1 Å². The Morgan fingerprint density at radius 3 is 1.76 bits per heavy atom. The van der Waals surface area contributed by atoms with E-state index in [1.807, 2.05) is 0 Å². The minimum Gasteiger partial charge on any atom is -0.505 e. The number of nitro groups is 2. The van der Waals surface area contributed by atoms with Gasteiger partial charge in [-0.15, -0.1) is 0 Å². The van der Waals surface area contributed by atoms with E-state index in [1.165, 1.54) is 48.5 Å². The van der Waals surface area contributed by atoms with Gasteiger partial charge in [0.05, 0.1) is 44.9 Å². The van der Waals surface area contributed by atoms with Gasteiger partial charge in [-0.25, -0.2) is 4.39 Å². The number of imide groups is 2. The molecule has 0 bridgehead atoms. The molecule has 46 heavy (non-hydrogen) atoms. The number of non-ortho nitro benzene ring substituents is 2. The Morgan fingerprint density at radius 2 is 1.22 bits per heavy atom. The van der Waals surface area contributed by atoms with Gasteiger partial charge in [0.15, 0.2) is 11.6 Å². The Kier molecular flexibility index (Phi) is 6.54. The number of rotatable bonds is 5. The number of nitro benzene ring substituents is 2. The van der Waals surface area contributed by atoms with E-state index in [0.29, 0.717) is 5.57 Å². The predicted octanol–water partition coefficient (Wildman–Crippen LogP) is 4.39. The third kappa shape index (κ3) is 4.13. The summed E-state index contributed by atoms with van der Waals surface area (Å²) in [5, 5.41) is 33.2. The smallest absolute Gasteiger partial charge is 0.269 e. The topological polar surface area (TPSA) is 181 Å². The maximum absolute atomic E-state index is 14.7. The van der Waals surface area contributed by atoms with Crippen LogP contribution in [0.25, 0.3) is 0 Å². The molecule has 14 heteroatoms. The number of hydrogen-bond acceptors (Lipinski definition) is 9. The van der Waals surface area contributed by atoms with Gasteiger partial charge in [0.1, 0.15) is 0 Å². The van der Waals surface area contributed by atoms with Gasteiger partial charge in [-0.3, -0.25) is 49.2 Å². The number of aromatic hydroxyl groups is 1. The van der Waals surface area contributed by atoms with Gasteiger partial charge < -0.3 is 5.11 Å². The Bertz CT molecular complexity index is 1910. The summed E-state index contributed by atoms with van der Waals surface area (Å²) in [5.41, 5.74) is 0.376. The van der Waals surface area contributed by atoms with Crippen molar-refractivity contribution in [2.24, 2.45) is 29.6 Å². The molecule has 0 aromatic heterocycles. The number of amides is 4. The fourth-order valence-corrected chi connectivity index (χ4v) is 7.68. The van der Waals surface area contributed by atoms with Crippen molar-refractivity contribution in [3.63, 3.8) is 0 Å². The molecule has 232 valence electrons. The Labute approximate surface area is 258 Å². The zero-order valence-corrected chi connectivity index (χ0v) is 23.7. The normalized spacial score (nSPS) is 26.8. The third-order valence-electron chi connectivity index (χ3n) is 9.64. The fraction of sp³-hybridized carbons (Fsp3) is 0.250. The van der Waals surface area contributed by atoms with Crippen molar-refractivity contribution in [2.75, 3.05) is 9.80 Å². The van der Waals surface area contributed by atoms with E-state index in [2.05, 4.69) is 0 Å². The van der Waals surface area contributed by atoms with Crippen LogP contribution in [0.1, 0.15) is 24.3 Å². The number of allylic oxidation sites excluding steroid dienone is 2. The van der Waals surface area contributed by atoms with Gasteiger partial charge in [0.2, 0.25) is 23.6 Å². The summed E-state index contributed by atoms with van der Waals surface area (Å²) in [4.78, 5) is 78.7. The van der Waals surface area contributed by atoms with Crippen LogP contribution in [0.3, 0.4) is 0 Å². The van der Waals surface area contributed by atoms with Gasteiger partial charge in [-0.2, -0.15) is 0 Å². The Morgan fingerprint density at radius 1 is 0.696 bits per heavy atom. The number of para-hydroxylation sites is 1. The van der Waals surface area contributed by atoms with Crippen molar-refractivity contribution < 1.29 is 38.5 Å². The largest absolute Gasteiger partial charge is 0.505 e. The first kappa shape index (κ1) is 29.0. The maximum atomic E-state index is 14.7. The first-order chi connectivity index (χ1) is 22.0. The molecule has 2 heterocycles. The second-order valence-corrected chi connectivity index (χ2v) is 11.8. The van der Waals surface area contributed by atoms with E-state index in [9.17, 15) is 48.9 Å². The van der Waals surface area contributed by atoms with Crippen LogP contribution in [-0.4, -0.2) is 38.6 Å². The average molecular weight is 627 g/mol. The molecule has 4 amide bonds. The highest BCUT2D eigenvalue weighted by molar-refractivity contribution is 6.24. The summed E-state index contributed by atoms with van der Waals surface area (Å²) < 4.78 is 14.7. The molecule has 0 radical (unpaired) electrons. The quantitative estimate of drug-likeness (QED) is 0.186. The molecule has 2 aliphatic heterocycles. The molecule has 13 nitrogen and oxygen atoms in total. The fourth-order valence-electron chi connectivity index (χ4n) is 7.68. The minimum absolute atomic E-state index is 0.00538. The van der Waals surface area contributed by atoms with E-state index >= 15 is 0 Å². The molecule has 4 aliphatic rings. The molecule has 3 aromatic carbocycles. The molecule has 1 N–H and O–H groups in total. The van der Waals surface area contributed by atoms with Crippen molar-refractivity contribution in [1.82, 2.24) is 0 Å². The highest BCUT2D eigenvalue weighted by atomic mass is 19.1. The molecule has 7 rings (SSSR count). The van der Waals surface area contributed by atoms with Crippen molar-refractivity contribution >= 4 is 46.4 Å². The molecule has 0 spiro atoms. The van der Waals surface area contributed by atoms with Gasteiger partial charge in [-0.05, 0) is 49.1 Å². The number of hydrogen-bond donors (Lipinski definition) is 1. The predicted molar refractivity (Wildman–Crippen MR) is 157 cm³/mol. The first-order valence-corrected chi connectivity index (χ1v) is 14.4. The molecule has 3 fully saturated rings. The lowest BCUT2D eigenvalue weighted by Gasteiger charge is -2.44. The van der Waals surface area contributed by atoms with Crippen LogP contribution in [0.15, 0.2) is 78.4 Å². The Balaban J connectivity index is 1.31. The summed E-state index contributed by atoms with van der Waals surface area (Å²) in [6, 6.07) is 13.7. The number of nitrogens with zero attached hydrogens (tertiary/aromatic N) is 4. The van der Waals surface area contributed by atoms with Crippen LogP contribution in [0.5, 0.6) is 5.75 Å². The molecule has 2 aliphatic carbocycles. The Hall–Kier alpha value is -5.79. The number of phenols is 1. The van der Waals surface area contributed by atoms with Gasteiger partial charge in [-0.1, -0.05) is 23.8 Å². The van der Waals surface area contributed by atoms with Crippen molar-refractivity contribution in [2.45, 2.75) is 18.8 Å². The average Bonchev–Trinajstić information content (AvgIpc) is 3.45. The SMILES string of the molecule is O=C1C2CC=C3C(CC4C(=O)N(c5ccc([N+](=O)[O-])cc5)C(=O)C4C3c3cccc(F)c3O)C2C(=O)N1c1ccc([N+](=O)[O-])cc1. The van der Waals surface area contributed by atoms with Gasteiger partial charge in [0, 0.05) is 35.7 Å². The van der Waals surface area contributed by atoms with E-state index < -0.39 is 80.5 Å². The van der Waals surface area contributed by atoms with Crippen LogP contribution in [0.2, 0.25) is 0 Å². The van der Waals surface area contributed by atoms with Crippen molar-refractivity contribution in [3.8, 4) is 5.75 Å². The van der Waals surface area contributed by atoms with Crippen LogP contribution < -0.4 is 9.80 Å². The summed E-state index contributed by atoms with van der Waals surface area (Å²) >= 11 is 0. The molecule has 2 saturated heterocycles. The number of fused-ring (bicyclic) bond motifs is 4. The lowest BCUT2D eigenvalue weighted by molar-refractivity contribution is -0.385. The summed E-state index contributed by atoms with van der Waals surface area (Å²) in [7, 11) is 0. The number of carbonyl (C=O) groups is 4. The number of halogens is 1. The van der Waals surface area contributed by atoms with Gasteiger partial charge >= 0.3 is 0 Å². The molecule has 3 aromatic rings. The molecular formula is C32H23FN4O9. The molecule has 6 atom stereocenters. The molecule has 1 saturated carbocycles. The highest BCUT2D eigenvalue weighted by Crippen LogP contribution is 2.59. The number of benzene rings is 3. The van der Waals surface area contributed by atoms with Crippen LogP contribution >= 0.6 is 0 Å². The van der Waals surface area contributed by atoms with Gasteiger partial charge in [0.25, 0.3) is 11.4 Å². The van der Waals surface area contributed by atoms with E-state index in [0.717, 1.165) is 28.0 Å². The first-order valence-electron chi connectivity index (χ1n) is 14.4. The zero-order chi connectivity index (χ0) is 32.6. The number of carbonyl (C=O) groups excluding carboxylic acids is 4. The van der Waals surface area contributed by atoms with E-state index in [1.54, 1.807) is 6.08 Å². The second kappa shape index (κ2) is 10.4. The summed E-state index contributed by atoms with van der Waals surface area (Å²) in [5.74, 6) is -9.59. The standard InChI is InChI=1S/C32H23FN4O9/c33-24-3-1-2-20(28(24)38)25-19-12-13-21-26(31(41)34(29(21)39)15-4-8-17(9-5-15)36(43)44)22(19)14-23-27(25)32(42)35(30(23)40)16-6-10-18(11-7-16)37(45)46/h1-12,21-23,25-27,38H,13-14H2. The summed E-state index contributed by atoms with van der Waals surface area (Å²) in [6.45, 7) is 0. The second-order valence-electron chi connectivity index (χ2n) is 11.8. The monoisotopic (exact) mass is 626 g/mol. The highest BCUT2D eigenvalue weighted by Gasteiger charge is 2.62. The lowest BCUT2D eigenvalue weighted by Crippen LogP contribution is -2.43. The number of phenolic OH excluding ortho intramolecular Hbond substituents is 1. The lowest BCUT2D eigenvalue weighted by atomic mass is 9.57. The van der Waals surface area contributed by atoms with Crippen molar-refractivity contribution in [3.05, 3.63) is 110 Å².